The molecule has 4 heteroatoms. The quantitative estimate of drug-likeness (QED) is 0.606. The van der Waals surface area contributed by atoms with Gasteiger partial charge in [0.15, 0.2) is 0 Å². The number of hydrogen-bond acceptors (Lipinski definition) is 3. The van der Waals surface area contributed by atoms with Crippen molar-refractivity contribution < 1.29 is 9.53 Å². The predicted molar refractivity (Wildman–Crippen MR) is 107 cm³/mol. The Labute approximate surface area is 160 Å². The average molecular weight is 362 g/mol. The van der Waals surface area contributed by atoms with Crippen LogP contribution in [0.2, 0.25) is 0 Å². The van der Waals surface area contributed by atoms with Crippen LogP contribution < -0.4 is 10.2 Å². The van der Waals surface area contributed by atoms with E-state index in [4.69, 9.17) is 4.74 Å². The summed E-state index contributed by atoms with van der Waals surface area (Å²) in [5.41, 5.74) is 4.98. The number of amides is 1. The van der Waals surface area contributed by atoms with Gasteiger partial charge in [-0.05, 0) is 47.4 Å². The largest absolute Gasteiger partial charge is 0.489 e. The van der Waals surface area contributed by atoms with Crippen molar-refractivity contribution in [2.45, 2.75) is 39.2 Å². The summed E-state index contributed by atoms with van der Waals surface area (Å²) >= 11 is 0. The summed E-state index contributed by atoms with van der Waals surface area (Å²) in [4.78, 5) is 12.4. The Morgan fingerprint density at radius 1 is 1.22 bits per heavy atom. The number of rotatable bonds is 6. The molecule has 0 aromatic heterocycles. The highest BCUT2D eigenvalue weighted by molar-refractivity contribution is 5.86. The first-order valence-corrected chi connectivity index (χ1v) is 9.76. The number of fused-ring (bicyclic) bond motifs is 1. The minimum atomic E-state index is 0.0668. The van der Waals surface area contributed by atoms with Crippen LogP contribution in [0.15, 0.2) is 59.7 Å². The maximum Gasteiger partial charge on any atom is 0.244 e. The predicted octanol–water partition coefficient (Wildman–Crippen LogP) is 4.54. The topological polar surface area (TPSA) is 50.7 Å². The smallest absolute Gasteiger partial charge is 0.244 e. The molecule has 1 N–H and O–H groups in total. The standard InChI is InChI=1S/C23H26N2O2/c1-23-13-6-5-12-20(23)21(23)22(26)25-24-15-18-10-7-11-19(14-18)27-16-17-8-3-2-4-9-17/h2-4,7-11,14-15,20-21H,5-6,12-13,16H2,1H3,(H,25,26)/b24-15-/t20-,21+,23-/m0/s1. The lowest BCUT2D eigenvalue weighted by atomic mass is 9.90. The zero-order chi connectivity index (χ0) is 18.7. The van der Waals surface area contributed by atoms with Gasteiger partial charge >= 0.3 is 0 Å². The normalized spacial score (nSPS) is 26.4. The third-order valence-corrected chi connectivity index (χ3v) is 6.11. The lowest BCUT2D eigenvalue weighted by molar-refractivity contribution is -0.123. The van der Waals surface area contributed by atoms with Crippen molar-refractivity contribution in [1.29, 1.82) is 0 Å². The molecule has 140 valence electrons. The third-order valence-electron chi connectivity index (χ3n) is 6.11. The molecule has 3 atom stereocenters. The Bertz CT molecular complexity index is 833. The van der Waals surface area contributed by atoms with Gasteiger partial charge in [-0.15, -0.1) is 0 Å². The molecule has 2 aromatic carbocycles. The first-order chi connectivity index (χ1) is 13.2. The Hall–Kier alpha value is -2.62. The van der Waals surface area contributed by atoms with E-state index in [-0.39, 0.29) is 17.2 Å². The second kappa shape index (κ2) is 7.55. The highest BCUT2D eigenvalue weighted by Gasteiger charge is 2.64. The van der Waals surface area contributed by atoms with E-state index in [1.165, 1.54) is 25.7 Å². The van der Waals surface area contributed by atoms with Gasteiger partial charge in [0.25, 0.3) is 0 Å². The number of carbonyl (C=O) groups is 1. The van der Waals surface area contributed by atoms with Gasteiger partial charge in [0.05, 0.1) is 6.21 Å². The zero-order valence-corrected chi connectivity index (χ0v) is 15.7. The van der Waals surface area contributed by atoms with E-state index in [1.54, 1.807) is 6.21 Å². The number of benzene rings is 2. The van der Waals surface area contributed by atoms with Crippen molar-refractivity contribution in [2.75, 3.05) is 0 Å². The maximum absolute atomic E-state index is 12.4. The fourth-order valence-corrected chi connectivity index (χ4v) is 4.52. The van der Waals surface area contributed by atoms with Gasteiger partial charge in [-0.25, -0.2) is 5.43 Å². The Morgan fingerprint density at radius 2 is 2.07 bits per heavy atom. The molecule has 0 saturated heterocycles. The van der Waals surface area contributed by atoms with Crippen molar-refractivity contribution in [3.8, 4) is 5.75 Å². The molecule has 27 heavy (non-hydrogen) atoms. The van der Waals surface area contributed by atoms with E-state index in [0.717, 1.165) is 16.9 Å². The summed E-state index contributed by atoms with van der Waals surface area (Å²) in [5.74, 6) is 1.54. The van der Waals surface area contributed by atoms with E-state index < -0.39 is 0 Å². The molecule has 0 bridgehead atoms. The average Bonchev–Trinajstić information content (AvgIpc) is 3.33. The lowest BCUT2D eigenvalue weighted by Crippen LogP contribution is -2.22. The minimum absolute atomic E-state index is 0.0668. The molecule has 1 amide bonds. The number of nitrogens with one attached hydrogen (secondary N) is 1. The molecule has 2 fully saturated rings. The highest BCUT2D eigenvalue weighted by atomic mass is 16.5. The van der Waals surface area contributed by atoms with Crippen molar-refractivity contribution >= 4 is 12.1 Å². The molecule has 0 aliphatic heterocycles. The fourth-order valence-electron chi connectivity index (χ4n) is 4.52. The van der Waals surface area contributed by atoms with Crippen LogP contribution >= 0.6 is 0 Å². The highest BCUT2D eigenvalue weighted by Crippen LogP contribution is 2.66. The molecule has 2 saturated carbocycles. The first-order valence-electron chi connectivity index (χ1n) is 9.76. The number of hydrogen-bond donors (Lipinski definition) is 1. The summed E-state index contributed by atoms with van der Waals surface area (Å²) in [5, 5.41) is 4.17. The molecule has 2 aliphatic rings. The summed E-state index contributed by atoms with van der Waals surface area (Å²) < 4.78 is 5.84. The van der Waals surface area contributed by atoms with Gasteiger partial charge in [0.1, 0.15) is 12.4 Å². The molecule has 4 nitrogen and oxygen atoms in total. The second-order valence-corrected chi connectivity index (χ2v) is 7.92. The number of hydrazone groups is 1. The van der Waals surface area contributed by atoms with E-state index in [1.807, 2.05) is 54.6 Å². The molecular formula is C23H26N2O2. The number of ether oxygens (including phenoxy) is 1. The van der Waals surface area contributed by atoms with Gasteiger partial charge in [-0.2, -0.15) is 5.10 Å². The third kappa shape index (κ3) is 3.90. The molecule has 0 radical (unpaired) electrons. The van der Waals surface area contributed by atoms with Gasteiger partial charge < -0.3 is 4.74 Å². The van der Waals surface area contributed by atoms with Crippen molar-refractivity contribution in [3.63, 3.8) is 0 Å². The van der Waals surface area contributed by atoms with Crippen LogP contribution in [0.25, 0.3) is 0 Å². The molecule has 0 unspecified atom stereocenters. The Kier molecular flexibility index (Phi) is 4.97. The SMILES string of the molecule is C[C@]12CCCC[C@H]1[C@@H]2C(=O)N/N=C\c1cccc(OCc2ccccc2)c1. The van der Waals surface area contributed by atoms with Crippen LogP contribution in [-0.2, 0) is 11.4 Å². The van der Waals surface area contributed by atoms with Crippen LogP contribution in [0.5, 0.6) is 5.75 Å². The first kappa shape index (κ1) is 17.8. The summed E-state index contributed by atoms with van der Waals surface area (Å²) in [6, 6.07) is 17.8. The van der Waals surface area contributed by atoms with Crippen molar-refractivity contribution in [3.05, 3.63) is 65.7 Å². The van der Waals surface area contributed by atoms with Crippen LogP contribution in [0, 0.1) is 17.3 Å². The molecule has 4 rings (SSSR count). The number of carbonyl (C=O) groups excluding carboxylic acids is 1. The second-order valence-electron chi connectivity index (χ2n) is 7.92. The van der Waals surface area contributed by atoms with Gasteiger partial charge in [-0.3, -0.25) is 4.79 Å². The Morgan fingerprint density at radius 3 is 2.85 bits per heavy atom. The summed E-state index contributed by atoms with van der Waals surface area (Å²) in [6.45, 7) is 2.78. The summed E-state index contributed by atoms with van der Waals surface area (Å²) in [7, 11) is 0. The lowest BCUT2D eigenvalue weighted by Gasteiger charge is -2.15. The van der Waals surface area contributed by atoms with Crippen molar-refractivity contribution in [1.82, 2.24) is 5.43 Å². The monoisotopic (exact) mass is 362 g/mol. The maximum atomic E-state index is 12.4. The van der Waals surface area contributed by atoms with Crippen LogP contribution in [-0.4, -0.2) is 12.1 Å². The van der Waals surface area contributed by atoms with Crippen LogP contribution in [0.4, 0.5) is 0 Å². The van der Waals surface area contributed by atoms with E-state index in [2.05, 4.69) is 17.5 Å². The van der Waals surface area contributed by atoms with Crippen LogP contribution in [0.3, 0.4) is 0 Å². The zero-order valence-electron chi connectivity index (χ0n) is 15.7. The number of nitrogens with zero attached hydrogens (tertiary/aromatic N) is 1. The molecule has 2 aliphatic carbocycles. The Balaban J connectivity index is 1.31. The van der Waals surface area contributed by atoms with E-state index >= 15 is 0 Å². The minimum Gasteiger partial charge on any atom is -0.489 e. The van der Waals surface area contributed by atoms with E-state index in [9.17, 15) is 4.79 Å². The molecular weight excluding hydrogens is 336 g/mol. The van der Waals surface area contributed by atoms with Gasteiger partial charge in [-0.1, -0.05) is 62.2 Å². The van der Waals surface area contributed by atoms with Crippen LogP contribution in [0.1, 0.15) is 43.7 Å². The van der Waals surface area contributed by atoms with Crippen molar-refractivity contribution in [2.24, 2.45) is 22.4 Å². The molecule has 0 heterocycles. The summed E-state index contributed by atoms with van der Waals surface area (Å²) in [6.07, 6.45) is 6.53. The molecule has 0 spiro atoms. The fraction of sp³-hybridized carbons (Fsp3) is 0.391. The van der Waals surface area contributed by atoms with Gasteiger partial charge in [0.2, 0.25) is 5.91 Å². The van der Waals surface area contributed by atoms with E-state index in [0.29, 0.717) is 12.5 Å². The van der Waals surface area contributed by atoms with Gasteiger partial charge in [0, 0.05) is 5.92 Å². The molecule has 2 aromatic rings.